The van der Waals surface area contributed by atoms with Crippen molar-refractivity contribution in [3.63, 3.8) is 0 Å². The Morgan fingerprint density at radius 3 is 2.56 bits per heavy atom. The Labute approximate surface area is 104 Å². The predicted molar refractivity (Wildman–Crippen MR) is 65.9 cm³/mol. The zero-order valence-electron chi connectivity index (χ0n) is 9.56. The van der Waals surface area contributed by atoms with Crippen LogP contribution in [-0.2, 0) is 0 Å². The fourth-order valence-electron chi connectivity index (χ4n) is 1.36. The number of nitrogens with one attached hydrogen (secondary N) is 2. The average Bonchev–Trinajstić information content (AvgIpc) is 2.39. The van der Waals surface area contributed by atoms with E-state index in [1.807, 2.05) is 0 Å². The number of hydrogen-bond acceptors (Lipinski definition) is 5. The van der Waals surface area contributed by atoms with Gasteiger partial charge in [0, 0.05) is 13.2 Å². The molecular weight excluding hydrogens is 232 g/mol. The van der Waals surface area contributed by atoms with Crippen LogP contribution in [0.15, 0.2) is 30.0 Å². The highest BCUT2D eigenvalue weighted by molar-refractivity contribution is 5.98. The van der Waals surface area contributed by atoms with Crippen molar-refractivity contribution in [2.24, 2.45) is 0 Å². The molecule has 0 heterocycles. The summed E-state index contributed by atoms with van der Waals surface area (Å²) in [5, 5.41) is 31.7. The molecule has 0 radical (unpaired) electrons. The van der Waals surface area contributed by atoms with E-state index in [-0.39, 0.29) is 11.1 Å². The first kappa shape index (κ1) is 13.1. The number of benzene rings is 1. The molecule has 6 heteroatoms. The zero-order chi connectivity index (χ0) is 13.5. The lowest BCUT2D eigenvalue weighted by molar-refractivity contribution is 0.0698. The maximum absolute atomic E-state index is 11.0. The molecule has 0 atom stereocenters. The Hall–Kier alpha value is -2.99. The fourth-order valence-corrected chi connectivity index (χ4v) is 1.36. The second kappa shape index (κ2) is 5.92. The van der Waals surface area contributed by atoms with Crippen molar-refractivity contribution in [3.05, 3.63) is 35.5 Å². The highest BCUT2D eigenvalue weighted by atomic mass is 16.4. The summed E-state index contributed by atoms with van der Waals surface area (Å²) in [6, 6.07) is 8.06. The average molecular weight is 242 g/mol. The van der Waals surface area contributed by atoms with E-state index in [2.05, 4.69) is 10.6 Å². The van der Waals surface area contributed by atoms with Gasteiger partial charge in [0.25, 0.3) is 0 Å². The Morgan fingerprint density at radius 2 is 2.06 bits per heavy atom. The van der Waals surface area contributed by atoms with Gasteiger partial charge in [-0.05, 0) is 12.1 Å². The van der Waals surface area contributed by atoms with Crippen LogP contribution in [0.25, 0.3) is 0 Å². The summed E-state index contributed by atoms with van der Waals surface area (Å²) >= 11 is 0. The van der Waals surface area contributed by atoms with Gasteiger partial charge in [-0.15, -0.1) is 0 Å². The van der Waals surface area contributed by atoms with E-state index in [9.17, 15) is 4.79 Å². The van der Waals surface area contributed by atoms with Gasteiger partial charge in [0.2, 0.25) is 0 Å². The predicted octanol–water partition coefficient (Wildman–Crippen LogP) is 1.77. The van der Waals surface area contributed by atoms with Gasteiger partial charge in [0.05, 0.1) is 16.9 Å². The van der Waals surface area contributed by atoms with Crippen LogP contribution >= 0.6 is 0 Å². The van der Waals surface area contributed by atoms with Crippen LogP contribution in [0.3, 0.4) is 0 Å². The molecule has 0 saturated carbocycles. The first-order chi connectivity index (χ1) is 8.63. The van der Waals surface area contributed by atoms with Gasteiger partial charge in [-0.3, -0.25) is 0 Å². The molecule has 0 amide bonds. The van der Waals surface area contributed by atoms with Crippen LogP contribution < -0.4 is 10.6 Å². The molecule has 0 aromatic heterocycles. The molecule has 0 bridgehead atoms. The van der Waals surface area contributed by atoms with Crippen LogP contribution in [0.1, 0.15) is 10.4 Å². The van der Waals surface area contributed by atoms with Gasteiger partial charge < -0.3 is 15.7 Å². The van der Waals surface area contributed by atoms with E-state index in [1.54, 1.807) is 31.3 Å². The molecule has 0 aliphatic rings. The van der Waals surface area contributed by atoms with Gasteiger partial charge >= 0.3 is 5.97 Å². The highest BCUT2D eigenvalue weighted by Crippen LogP contribution is 2.26. The molecule has 0 unspecified atom stereocenters. The molecule has 90 valence electrons. The maximum Gasteiger partial charge on any atom is 0.337 e. The van der Waals surface area contributed by atoms with Crippen molar-refractivity contribution in [1.29, 1.82) is 10.5 Å². The summed E-state index contributed by atoms with van der Waals surface area (Å²) in [4.78, 5) is 11.0. The quantitative estimate of drug-likeness (QED) is 0.694. The number of rotatable bonds is 4. The topological polar surface area (TPSA) is 109 Å². The summed E-state index contributed by atoms with van der Waals surface area (Å²) in [5.41, 5.74) is 0.862. The first-order valence-electron chi connectivity index (χ1n) is 4.95. The number of nitrogens with zero attached hydrogens (tertiary/aromatic N) is 2. The Kier molecular flexibility index (Phi) is 4.30. The second-order valence-electron chi connectivity index (χ2n) is 3.21. The largest absolute Gasteiger partial charge is 0.478 e. The van der Waals surface area contributed by atoms with E-state index < -0.39 is 5.97 Å². The molecule has 0 saturated heterocycles. The van der Waals surface area contributed by atoms with E-state index in [1.165, 1.54) is 12.3 Å². The number of aromatic carboxylic acids is 1. The summed E-state index contributed by atoms with van der Waals surface area (Å²) < 4.78 is 0. The molecule has 3 N–H and O–H groups in total. The maximum atomic E-state index is 11.0. The number of nitriles is 2. The van der Waals surface area contributed by atoms with Crippen LogP contribution in [0.4, 0.5) is 11.4 Å². The molecule has 18 heavy (non-hydrogen) atoms. The minimum absolute atomic E-state index is 0.0993. The molecule has 1 aromatic rings. The molecule has 0 aliphatic heterocycles. The van der Waals surface area contributed by atoms with E-state index >= 15 is 0 Å². The van der Waals surface area contributed by atoms with Crippen molar-refractivity contribution in [2.75, 3.05) is 17.7 Å². The third-order valence-electron chi connectivity index (χ3n) is 2.16. The number of carboxylic acid groups (broad SMARTS) is 1. The minimum Gasteiger partial charge on any atom is -0.478 e. The van der Waals surface area contributed by atoms with Gasteiger partial charge in [-0.2, -0.15) is 10.5 Å². The van der Waals surface area contributed by atoms with Crippen LogP contribution in [0.5, 0.6) is 0 Å². The molecule has 0 fully saturated rings. The van der Waals surface area contributed by atoms with Crippen molar-refractivity contribution in [2.45, 2.75) is 0 Å². The first-order valence-corrected chi connectivity index (χ1v) is 4.95. The van der Waals surface area contributed by atoms with Gasteiger partial charge in [0.15, 0.2) is 0 Å². The van der Waals surface area contributed by atoms with Crippen molar-refractivity contribution < 1.29 is 9.90 Å². The Balaban J connectivity index is 3.16. The molecule has 6 nitrogen and oxygen atoms in total. The summed E-state index contributed by atoms with van der Waals surface area (Å²) in [6.45, 7) is 0. The van der Waals surface area contributed by atoms with Crippen molar-refractivity contribution >= 4 is 17.3 Å². The van der Waals surface area contributed by atoms with E-state index in [0.29, 0.717) is 11.4 Å². The number of carbonyl (C=O) groups is 1. The minimum atomic E-state index is -1.06. The number of hydrogen-bond donors (Lipinski definition) is 3. The molecular formula is C12H10N4O2. The Bertz CT molecular complexity index is 563. The second-order valence-corrected chi connectivity index (χ2v) is 3.21. The highest BCUT2D eigenvalue weighted by Gasteiger charge is 2.11. The number of anilines is 2. The lowest BCUT2D eigenvalue weighted by Crippen LogP contribution is -2.05. The normalized spacial score (nSPS) is 8.61. The molecule has 0 spiro atoms. The van der Waals surface area contributed by atoms with Crippen LogP contribution in [0, 0.1) is 22.7 Å². The van der Waals surface area contributed by atoms with Crippen LogP contribution in [0.2, 0.25) is 0 Å². The molecule has 1 rings (SSSR count). The summed E-state index contributed by atoms with van der Waals surface area (Å²) in [5.74, 6) is -1.06. The molecule has 0 aliphatic carbocycles. The third kappa shape index (κ3) is 2.77. The lowest BCUT2D eigenvalue weighted by atomic mass is 10.1. The van der Waals surface area contributed by atoms with Crippen molar-refractivity contribution in [3.8, 4) is 12.1 Å². The SMILES string of the molecule is CNc1c(NC=C(C#N)C#N)cccc1C(=O)O. The smallest absolute Gasteiger partial charge is 0.337 e. The number of allylic oxidation sites excluding steroid dienone is 1. The Morgan fingerprint density at radius 1 is 1.39 bits per heavy atom. The van der Waals surface area contributed by atoms with E-state index in [4.69, 9.17) is 15.6 Å². The van der Waals surface area contributed by atoms with E-state index in [0.717, 1.165) is 0 Å². The summed E-state index contributed by atoms with van der Waals surface area (Å²) in [7, 11) is 1.59. The van der Waals surface area contributed by atoms with Gasteiger partial charge in [-0.1, -0.05) is 6.07 Å². The monoisotopic (exact) mass is 242 g/mol. The lowest BCUT2D eigenvalue weighted by Gasteiger charge is -2.11. The van der Waals surface area contributed by atoms with Gasteiger partial charge in [0.1, 0.15) is 17.7 Å². The standard InChI is InChI=1S/C12H10N4O2/c1-15-11-9(12(17)18)3-2-4-10(11)16-7-8(5-13)6-14/h2-4,7,15-16H,1H3,(H,17,18). The number of carboxylic acids is 1. The third-order valence-corrected chi connectivity index (χ3v) is 2.16. The zero-order valence-corrected chi connectivity index (χ0v) is 9.56. The van der Waals surface area contributed by atoms with Crippen molar-refractivity contribution in [1.82, 2.24) is 0 Å². The summed E-state index contributed by atoms with van der Waals surface area (Å²) in [6.07, 6.45) is 1.22. The number of para-hydroxylation sites is 1. The fraction of sp³-hybridized carbons (Fsp3) is 0.0833. The van der Waals surface area contributed by atoms with Gasteiger partial charge in [-0.25, -0.2) is 4.79 Å². The van der Waals surface area contributed by atoms with Crippen LogP contribution in [-0.4, -0.2) is 18.1 Å². The molecule has 1 aromatic carbocycles.